The molecule has 0 fully saturated rings. The topological polar surface area (TPSA) is 49.8 Å². The lowest BCUT2D eigenvalue weighted by atomic mass is 10.2. The molecule has 0 spiro atoms. The number of halogens is 1. The molecular weight excluding hydrogens is 231 g/mol. The van der Waals surface area contributed by atoms with E-state index in [1.807, 2.05) is 13.0 Å². The maximum absolute atomic E-state index is 13.5. The lowest BCUT2D eigenvalue weighted by Crippen LogP contribution is -2.07. The number of rotatable bonds is 4. The fraction of sp³-hybridized carbons (Fsp3) is 0.231. The molecule has 2 aromatic rings. The van der Waals surface area contributed by atoms with Crippen LogP contribution < -0.4 is 10.6 Å². The Morgan fingerprint density at radius 2 is 1.89 bits per heavy atom. The van der Waals surface area contributed by atoms with E-state index in [1.165, 1.54) is 12.4 Å². The van der Waals surface area contributed by atoms with Gasteiger partial charge in [-0.2, -0.15) is 0 Å². The van der Waals surface area contributed by atoms with Gasteiger partial charge in [0, 0.05) is 24.7 Å². The van der Waals surface area contributed by atoms with Crippen molar-refractivity contribution in [2.75, 3.05) is 17.7 Å². The van der Waals surface area contributed by atoms with E-state index in [0.717, 1.165) is 11.4 Å². The Hall–Kier alpha value is -2.17. The third kappa shape index (κ3) is 2.56. The van der Waals surface area contributed by atoms with Crippen LogP contribution in [0.15, 0.2) is 30.6 Å². The van der Waals surface area contributed by atoms with E-state index in [4.69, 9.17) is 0 Å². The van der Waals surface area contributed by atoms with Gasteiger partial charge in [-0.15, -0.1) is 0 Å². The maximum atomic E-state index is 13.5. The Morgan fingerprint density at radius 1 is 1.17 bits per heavy atom. The number of nitrogens with one attached hydrogen (secondary N) is 2. The molecule has 5 heteroatoms. The van der Waals surface area contributed by atoms with Crippen LogP contribution in [0.4, 0.5) is 16.0 Å². The number of hydrogen-bond acceptors (Lipinski definition) is 4. The molecule has 2 N–H and O–H groups in total. The van der Waals surface area contributed by atoms with E-state index in [1.54, 1.807) is 19.2 Å². The monoisotopic (exact) mass is 246 g/mol. The van der Waals surface area contributed by atoms with Gasteiger partial charge in [0.2, 0.25) is 0 Å². The second-order valence-electron chi connectivity index (χ2n) is 3.89. The molecule has 1 aromatic carbocycles. The molecule has 0 bridgehead atoms. The number of benzene rings is 1. The van der Waals surface area contributed by atoms with Crippen molar-refractivity contribution in [3.63, 3.8) is 0 Å². The molecule has 0 atom stereocenters. The predicted molar refractivity (Wildman–Crippen MR) is 70.0 cm³/mol. The van der Waals surface area contributed by atoms with Gasteiger partial charge in [-0.3, -0.25) is 0 Å². The zero-order valence-electron chi connectivity index (χ0n) is 10.4. The summed E-state index contributed by atoms with van der Waals surface area (Å²) >= 11 is 0. The molecule has 1 aromatic heterocycles. The molecule has 1 heterocycles. The van der Waals surface area contributed by atoms with Crippen molar-refractivity contribution in [1.29, 1.82) is 0 Å². The summed E-state index contributed by atoms with van der Waals surface area (Å²) in [5.74, 6) is 1.25. The van der Waals surface area contributed by atoms with Crippen molar-refractivity contribution in [2.45, 2.75) is 13.5 Å². The van der Waals surface area contributed by atoms with Gasteiger partial charge in [-0.25, -0.2) is 14.4 Å². The second kappa shape index (κ2) is 5.44. The summed E-state index contributed by atoms with van der Waals surface area (Å²) in [5, 5.41) is 6.09. The zero-order valence-corrected chi connectivity index (χ0v) is 10.4. The molecule has 4 nitrogen and oxygen atoms in total. The van der Waals surface area contributed by atoms with E-state index in [9.17, 15) is 4.39 Å². The first kappa shape index (κ1) is 12.3. The minimum Gasteiger partial charge on any atom is -0.373 e. The Kier molecular flexibility index (Phi) is 3.72. The highest BCUT2D eigenvalue weighted by Gasteiger charge is 2.06. The van der Waals surface area contributed by atoms with Gasteiger partial charge in [-0.1, -0.05) is 18.2 Å². The lowest BCUT2D eigenvalue weighted by Gasteiger charge is -2.11. The van der Waals surface area contributed by atoms with E-state index in [-0.39, 0.29) is 5.82 Å². The van der Waals surface area contributed by atoms with Crippen LogP contribution in [0.25, 0.3) is 0 Å². The summed E-state index contributed by atoms with van der Waals surface area (Å²) in [6.45, 7) is 2.31. The average molecular weight is 246 g/mol. The molecule has 0 unspecified atom stereocenters. The van der Waals surface area contributed by atoms with Crippen molar-refractivity contribution in [3.8, 4) is 0 Å². The molecule has 0 aliphatic carbocycles. The van der Waals surface area contributed by atoms with Crippen LogP contribution in [0.2, 0.25) is 0 Å². The summed E-state index contributed by atoms with van der Waals surface area (Å²) in [6, 6.07) is 6.68. The molecule has 18 heavy (non-hydrogen) atoms. The lowest BCUT2D eigenvalue weighted by molar-refractivity contribution is 0.613. The second-order valence-corrected chi connectivity index (χ2v) is 3.89. The Morgan fingerprint density at radius 3 is 2.61 bits per heavy atom. The van der Waals surface area contributed by atoms with Gasteiger partial charge in [0.05, 0.1) is 0 Å². The van der Waals surface area contributed by atoms with Gasteiger partial charge in [0.25, 0.3) is 0 Å². The first-order chi connectivity index (χ1) is 8.72. The Labute approximate surface area is 105 Å². The standard InChI is InChI=1S/C13H15FN4/c1-9-12(15-2)17-8-18-13(9)16-7-10-5-3-4-6-11(10)14/h3-6,8H,7H2,1-2H3,(H2,15,16,17,18). The molecule has 0 aliphatic rings. The predicted octanol–water partition coefficient (Wildman–Crippen LogP) is 2.58. The first-order valence-corrected chi connectivity index (χ1v) is 5.69. The number of anilines is 2. The van der Waals surface area contributed by atoms with Gasteiger partial charge < -0.3 is 10.6 Å². The van der Waals surface area contributed by atoms with E-state index in [2.05, 4.69) is 20.6 Å². The van der Waals surface area contributed by atoms with Gasteiger partial charge >= 0.3 is 0 Å². The fourth-order valence-electron chi connectivity index (χ4n) is 1.70. The molecule has 0 saturated carbocycles. The smallest absolute Gasteiger partial charge is 0.134 e. The summed E-state index contributed by atoms with van der Waals surface area (Å²) in [7, 11) is 1.80. The number of aromatic nitrogens is 2. The van der Waals surface area contributed by atoms with E-state index >= 15 is 0 Å². The Balaban J connectivity index is 2.14. The van der Waals surface area contributed by atoms with Crippen LogP contribution in [-0.4, -0.2) is 17.0 Å². The number of nitrogens with zero attached hydrogens (tertiary/aromatic N) is 2. The number of hydrogen-bond donors (Lipinski definition) is 2. The van der Waals surface area contributed by atoms with Crippen LogP contribution in [0, 0.1) is 12.7 Å². The minimum atomic E-state index is -0.217. The highest BCUT2D eigenvalue weighted by molar-refractivity contribution is 5.56. The van der Waals surface area contributed by atoms with Crippen LogP contribution in [-0.2, 0) is 6.54 Å². The molecule has 2 rings (SSSR count). The highest BCUT2D eigenvalue weighted by atomic mass is 19.1. The third-order valence-corrected chi connectivity index (χ3v) is 2.73. The van der Waals surface area contributed by atoms with Crippen molar-refractivity contribution in [3.05, 3.63) is 47.5 Å². The maximum Gasteiger partial charge on any atom is 0.134 e. The van der Waals surface area contributed by atoms with E-state index in [0.29, 0.717) is 17.9 Å². The summed E-state index contributed by atoms with van der Waals surface area (Å²) < 4.78 is 13.5. The normalized spacial score (nSPS) is 10.2. The van der Waals surface area contributed by atoms with Crippen LogP contribution in [0.1, 0.15) is 11.1 Å². The van der Waals surface area contributed by atoms with Crippen molar-refractivity contribution >= 4 is 11.6 Å². The summed E-state index contributed by atoms with van der Waals surface area (Å²) in [4.78, 5) is 8.24. The Bertz CT molecular complexity index is 542. The molecule has 94 valence electrons. The molecule has 0 amide bonds. The third-order valence-electron chi connectivity index (χ3n) is 2.73. The zero-order chi connectivity index (χ0) is 13.0. The van der Waals surface area contributed by atoms with Gasteiger partial charge in [0.1, 0.15) is 23.8 Å². The minimum absolute atomic E-state index is 0.217. The molecule has 0 radical (unpaired) electrons. The van der Waals surface area contributed by atoms with Crippen molar-refractivity contribution in [1.82, 2.24) is 9.97 Å². The summed E-state index contributed by atoms with van der Waals surface area (Å²) in [6.07, 6.45) is 1.47. The fourth-order valence-corrected chi connectivity index (χ4v) is 1.70. The van der Waals surface area contributed by atoms with Crippen molar-refractivity contribution in [2.24, 2.45) is 0 Å². The van der Waals surface area contributed by atoms with Crippen molar-refractivity contribution < 1.29 is 4.39 Å². The van der Waals surface area contributed by atoms with Crippen LogP contribution in [0.5, 0.6) is 0 Å². The van der Waals surface area contributed by atoms with Crippen LogP contribution in [0.3, 0.4) is 0 Å². The van der Waals surface area contributed by atoms with E-state index < -0.39 is 0 Å². The molecular formula is C13H15FN4. The molecule has 0 saturated heterocycles. The quantitative estimate of drug-likeness (QED) is 0.870. The molecule has 0 aliphatic heterocycles. The van der Waals surface area contributed by atoms with Crippen LogP contribution >= 0.6 is 0 Å². The summed E-state index contributed by atoms with van der Waals surface area (Å²) in [5.41, 5.74) is 1.53. The SMILES string of the molecule is CNc1ncnc(NCc2ccccc2F)c1C. The highest BCUT2D eigenvalue weighted by Crippen LogP contribution is 2.18. The van der Waals surface area contributed by atoms with Gasteiger partial charge in [-0.05, 0) is 13.0 Å². The largest absolute Gasteiger partial charge is 0.373 e. The average Bonchev–Trinajstić information content (AvgIpc) is 2.39. The first-order valence-electron chi connectivity index (χ1n) is 5.69. The van der Waals surface area contributed by atoms with Gasteiger partial charge in [0.15, 0.2) is 0 Å².